The van der Waals surface area contributed by atoms with Crippen molar-refractivity contribution in [2.75, 3.05) is 41.7 Å². The molecule has 0 aromatic carbocycles. The first-order chi connectivity index (χ1) is 9.74. The van der Waals surface area contributed by atoms with Gasteiger partial charge in [0.1, 0.15) is 10.8 Å². The van der Waals surface area contributed by atoms with Gasteiger partial charge in [0, 0.05) is 32.4 Å². The van der Waals surface area contributed by atoms with Gasteiger partial charge in [-0.25, -0.2) is 9.97 Å². The van der Waals surface area contributed by atoms with E-state index in [2.05, 4.69) is 24.8 Å². The summed E-state index contributed by atoms with van der Waals surface area (Å²) in [5, 5.41) is 0.533. The minimum atomic E-state index is 0.247. The van der Waals surface area contributed by atoms with E-state index in [0.29, 0.717) is 10.8 Å². The second-order valence-electron chi connectivity index (χ2n) is 4.56. The summed E-state index contributed by atoms with van der Waals surface area (Å²) in [7, 11) is 0. The molecule has 6 nitrogen and oxygen atoms in total. The van der Waals surface area contributed by atoms with Crippen LogP contribution in [0.25, 0.3) is 0 Å². The molecule has 1 fully saturated rings. The fourth-order valence-electron chi connectivity index (χ4n) is 2.28. The average Bonchev–Trinajstić information content (AvgIpc) is 2.51. The molecule has 0 saturated carbocycles. The van der Waals surface area contributed by atoms with Crippen LogP contribution >= 0.6 is 11.6 Å². The summed E-state index contributed by atoms with van der Waals surface area (Å²) in [5.74, 6) is 1.96. The number of nitrogens with two attached hydrogens (primary N) is 1. The van der Waals surface area contributed by atoms with Crippen LogP contribution in [-0.4, -0.2) is 41.1 Å². The number of hydrogen-bond donors (Lipinski definition) is 1. The minimum absolute atomic E-state index is 0.247. The summed E-state index contributed by atoms with van der Waals surface area (Å²) in [4.78, 5) is 16.8. The van der Waals surface area contributed by atoms with Crippen LogP contribution in [0.15, 0.2) is 30.6 Å². The van der Waals surface area contributed by atoms with E-state index >= 15 is 0 Å². The Balaban J connectivity index is 1.71. The largest absolute Gasteiger partial charge is 0.368 e. The second kappa shape index (κ2) is 5.50. The fraction of sp³-hybridized carbons (Fsp3) is 0.308. The van der Waals surface area contributed by atoms with E-state index < -0.39 is 0 Å². The van der Waals surface area contributed by atoms with E-state index in [4.69, 9.17) is 17.3 Å². The molecule has 1 aliphatic heterocycles. The predicted octanol–water partition coefficient (Wildman–Crippen LogP) is 1.43. The van der Waals surface area contributed by atoms with Gasteiger partial charge in [0.05, 0.1) is 6.20 Å². The van der Waals surface area contributed by atoms with Crippen LogP contribution in [0, 0.1) is 0 Å². The Labute approximate surface area is 122 Å². The second-order valence-corrected chi connectivity index (χ2v) is 4.97. The van der Waals surface area contributed by atoms with E-state index in [9.17, 15) is 0 Å². The van der Waals surface area contributed by atoms with Crippen molar-refractivity contribution < 1.29 is 0 Å². The molecule has 7 heteroatoms. The van der Waals surface area contributed by atoms with Crippen molar-refractivity contribution in [3.8, 4) is 0 Å². The highest BCUT2D eigenvalue weighted by Gasteiger charge is 2.21. The molecule has 0 atom stereocenters. The molecule has 0 unspecified atom stereocenters. The zero-order valence-electron chi connectivity index (χ0n) is 10.9. The molecule has 0 bridgehead atoms. The van der Waals surface area contributed by atoms with E-state index in [1.54, 1.807) is 6.20 Å². The molecule has 2 aromatic heterocycles. The number of aromatic nitrogens is 3. The van der Waals surface area contributed by atoms with E-state index in [1.165, 1.54) is 0 Å². The van der Waals surface area contributed by atoms with Crippen molar-refractivity contribution in [1.29, 1.82) is 0 Å². The standard InChI is InChI=1S/C13H15ClN6/c14-10-9-17-13(15)18-12(10)20-7-5-19(6-8-20)11-3-1-2-4-16-11/h1-4,9H,5-8H2,(H2,15,17,18). The molecule has 1 saturated heterocycles. The molecule has 0 radical (unpaired) electrons. The van der Waals surface area contributed by atoms with Crippen molar-refractivity contribution in [3.63, 3.8) is 0 Å². The Morgan fingerprint density at radius 3 is 2.50 bits per heavy atom. The van der Waals surface area contributed by atoms with Crippen LogP contribution < -0.4 is 15.5 Å². The summed E-state index contributed by atoms with van der Waals surface area (Å²) >= 11 is 6.13. The molecular formula is C13H15ClN6. The SMILES string of the molecule is Nc1ncc(Cl)c(N2CCN(c3ccccn3)CC2)n1. The topological polar surface area (TPSA) is 71.2 Å². The van der Waals surface area contributed by atoms with Gasteiger partial charge in [-0.2, -0.15) is 4.98 Å². The molecule has 20 heavy (non-hydrogen) atoms. The normalized spacial score (nSPS) is 15.4. The highest BCUT2D eigenvalue weighted by atomic mass is 35.5. The maximum absolute atomic E-state index is 6.13. The van der Waals surface area contributed by atoms with E-state index in [1.807, 2.05) is 24.4 Å². The maximum Gasteiger partial charge on any atom is 0.222 e. The average molecular weight is 291 g/mol. The molecular weight excluding hydrogens is 276 g/mol. The van der Waals surface area contributed by atoms with Gasteiger partial charge in [0.25, 0.3) is 0 Å². The third-order valence-electron chi connectivity index (χ3n) is 3.30. The summed E-state index contributed by atoms with van der Waals surface area (Å²) < 4.78 is 0. The van der Waals surface area contributed by atoms with Crippen LogP contribution in [0.1, 0.15) is 0 Å². The third kappa shape index (κ3) is 2.60. The molecule has 0 aliphatic carbocycles. The Bertz CT molecular complexity index is 583. The Morgan fingerprint density at radius 2 is 1.80 bits per heavy atom. The Kier molecular flexibility index (Phi) is 3.56. The lowest BCUT2D eigenvalue weighted by molar-refractivity contribution is 0.641. The molecule has 0 amide bonds. The van der Waals surface area contributed by atoms with Gasteiger partial charge in [0.2, 0.25) is 5.95 Å². The minimum Gasteiger partial charge on any atom is -0.368 e. The molecule has 0 spiro atoms. The van der Waals surface area contributed by atoms with Gasteiger partial charge in [0.15, 0.2) is 5.82 Å². The molecule has 3 heterocycles. The first kappa shape index (κ1) is 12.9. The number of halogens is 1. The number of hydrogen-bond acceptors (Lipinski definition) is 6. The Hall–Kier alpha value is -2.08. The number of pyridine rings is 1. The molecule has 1 aliphatic rings. The first-order valence-corrected chi connectivity index (χ1v) is 6.81. The summed E-state index contributed by atoms with van der Waals surface area (Å²) in [6.07, 6.45) is 3.36. The van der Waals surface area contributed by atoms with Gasteiger partial charge in [-0.05, 0) is 12.1 Å². The van der Waals surface area contributed by atoms with Gasteiger partial charge < -0.3 is 15.5 Å². The number of anilines is 3. The van der Waals surface area contributed by atoms with Crippen LogP contribution in [0.3, 0.4) is 0 Å². The maximum atomic E-state index is 6.13. The predicted molar refractivity (Wildman–Crippen MR) is 80.1 cm³/mol. The molecule has 2 aromatic rings. The number of nitrogen functional groups attached to an aromatic ring is 1. The summed E-state index contributed by atoms with van der Waals surface area (Å²) in [6.45, 7) is 3.40. The number of nitrogens with zero attached hydrogens (tertiary/aromatic N) is 5. The first-order valence-electron chi connectivity index (χ1n) is 6.43. The van der Waals surface area contributed by atoms with Crippen molar-refractivity contribution in [1.82, 2.24) is 15.0 Å². The van der Waals surface area contributed by atoms with Crippen LogP contribution in [-0.2, 0) is 0 Å². The molecule has 104 valence electrons. The zero-order valence-corrected chi connectivity index (χ0v) is 11.7. The smallest absolute Gasteiger partial charge is 0.222 e. The lowest BCUT2D eigenvalue weighted by atomic mass is 10.3. The molecule has 3 rings (SSSR count). The van der Waals surface area contributed by atoms with Crippen molar-refractivity contribution in [3.05, 3.63) is 35.6 Å². The van der Waals surface area contributed by atoms with Crippen molar-refractivity contribution in [2.45, 2.75) is 0 Å². The van der Waals surface area contributed by atoms with Crippen molar-refractivity contribution in [2.24, 2.45) is 0 Å². The molecule has 2 N–H and O–H groups in total. The lowest BCUT2D eigenvalue weighted by Crippen LogP contribution is -2.47. The van der Waals surface area contributed by atoms with Gasteiger partial charge in [-0.15, -0.1) is 0 Å². The summed E-state index contributed by atoms with van der Waals surface area (Å²) in [5.41, 5.74) is 5.62. The monoisotopic (exact) mass is 290 g/mol. The zero-order chi connectivity index (χ0) is 13.9. The Morgan fingerprint density at radius 1 is 1.05 bits per heavy atom. The van der Waals surface area contributed by atoms with Crippen LogP contribution in [0.5, 0.6) is 0 Å². The fourth-order valence-corrected chi connectivity index (χ4v) is 2.49. The van der Waals surface area contributed by atoms with Gasteiger partial charge >= 0.3 is 0 Å². The third-order valence-corrected chi connectivity index (χ3v) is 3.56. The quantitative estimate of drug-likeness (QED) is 0.902. The number of rotatable bonds is 2. The summed E-state index contributed by atoms with van der Waals surface area (Å²) in [6, 6.07) is 5.94. The lowest BCUT2D eigenvalue weighted by Gasteiger charge is -2.36. The van der Waals surface area contributed by atoms with Gasteiger partial charge in [-0.1, -0.05) is 17.7 Å². The van der Waals surface area contributed by atoms with Gasteiger partial charge in [-0.3, -0.25) is 0 Å². The van der Waals surface area contributed by atoms with Crippen molar-refractivity contribution >= 4 is 29.2 Å². The van der Waals surface area contributed by atoms with E-state index in [0.717, 1.165) is 32.0 Å². The number of piperazine rings is 1. The highest BCUT2D eigenvalue weighted by molar-refractivity contribution is 6.32. The van der Waals surface area contributed by atoms with Crippen LogP contribution in [0.2, 0.25) is 5.02 Å². The highest BCUT2D eigenvalue weighted by Crippen LogP contribution is 2.24. The van der Waals surface area contributed by atoms with Crippen LogP contribution in [0.4, 0.5) is 17.6 Å². The van der Waals surface area contributed by atoms with E-state index in [-0.39, 0.29) is 5.95 Å².